The first kappa shape index (κ1) is 21.7. The summed E-state index contributed by atoms with van der Waals surface area (Å²) >= 11 is 6.66. The van der Waals surface area contributed by atoms with Gasteiger partial charge in [0.15, 0.2) is 0 Å². The minimum atomic E-state index is -3.78. The Labute approximate surface area is 189 Å². The van der Waals surface area contributed by atoms with Crippen LogP contribution < -0.4 is 10.2 Å². The first-order chi connectivity index (χ1) is 14.8. The van der Waals surface area contributed by atoms with Crippen LogP contribution in [-0.4, -0.2) is 55.0 Å². The normalized spacial score (nSPS) is 15.1. The second kappa shape index (κ2) is 8.91. The Balaban J connectivity index is 1.41. The van der Waals surface area contributed by atoms with Crippen molar-refractivity contribution in [3.8, 4) is 0 Å². The van der Waals surface area contributed by atoms with Crippen molar-refractivity contribution in [2.45, 2.75) is 11.3 Å². The number of rotatable bonds is 5. The Kier molecular flexibility index (Phi) is 6.24. The van der Waals surface area contributed by atoms with Crippen LogP contribution >= 0.6 is 22.9 Å². The number of hydrogen-bond donors (Lipinski definition) is 1. The van der Waals surface area contributed by atoms with Gasteiger partial charge in [0.2, 0.25) is 9.47 Å². The number of carbonyl (C=O) groups excluding carboxylic acids is 1. The summed E-state index contributed by atoms with van der Waals surface area (Å²) in [6.45, 7) is 3.90. The van der Waals surface area contributed by atoms with E-state index in [2.05, 4.69) is 26.5 Å². The van der Waals surface area contributed by atoms with E-state index in [4.69, 9.17) is 11.6 Å². The number of piperazine rings is 1. The average molecular weight is 478 g/mol. The number of carbonyl (C=O) groups is 1. The van der Waals surface area contributed by atoms with Crippen LogP contribution in [0.15, 0.2) is 52.9 Å². The minimum absolute atomic E-state index is 0.122. The van der Waals surface area contributed by atoms with Crippen molar-refractivity contribution in [2.24, 2.45) is 0 Å². The predicted octanol–water partition coefficient (Wildman–Crippen LogP) is 3.26. The van der Waals surface area contributed by atoms with Crippen LogP contribution in [0.3, 0.4) is 0 Å². The lowest BCUT2D eigenvalue weighted by Crippen LogP contribution is -2.48. The highest BCUT2D eigenvalue weighted by Gasteiger charge is 2.32. The number of nitrogens with zero attached hydrogens (tertiary/aromatic N) is 4. The van der Waals surface area contributed by atoms with Gasteiger partial charge in [-0.15, -0.1) is 10.2 Å². The summed E-state index contributed by atoms with van der Waals surface area (Å²) in [4.78, 5) is 14.5. The van der Waals surface area contributed by atoms with Crippen LogP contribution in [0, 0.1) is 6.92 Å². The molecule has 2 heterocycles. The van der Waals surface area contributed by atoms with Crippen LogP contribution in [-0.2, 0) is 10.0 Å². The maximum absolute atomic E-state index is 13.0. The van der Waals surface area contributed by atoms with E-state index in [0.717, 1.165) is 22.6 Å². The van der Waals surface area contributed by atoms with Gasteiger partial charge in [0.1, 0.15) is 0 Å². The molecule has 1 aromatic heterocycles. The molecule has 1 fully saturated rings. The Morgan fingerprint density at radius 2 is 1.77 bits per heavy atom. The van der Waals surface area contributed by atoms with Gasteiger partial charge in [-0.2, -0.15) is 4.31 Å². The molecule has 1 amide bonds. The average Bonchev–Trinajstić information content (AvgIpc) is 3.24. The van der Waals surface area contributed by atoms with E-state index >= 15 is 0 Å². The zero-order chi connectivity index (χ0) is 22.0. The number of nitrogens with one attached hydrogen (secondary N) is 1. The number of aromatic nitrogens is 2. The maximum Gasteiger partial charge on any atom is 0.272 e. The summed E-state index contributed by atoms with van der Waals surface area (Å²) in [6.07, 6.45) is 0. The fourth-order valence-corrected chi connectivity index (χ4v) is 5.84. The monoisotopic (exact) mass is 477 g/mol. The molecule has 2 aromatic carbocycles. The standard InChI is InChI=1S/C20H20ClN5O3S2/c1-14-3-2-4-17(13-14)25-9-11-26(12-10-25)31(28,29)20-24-23-19(30-20)22-18(27)15-5-7-16(21)8-6-15/h2-8,13H,9-12H2,1H3,(H,22,23,27). The van der Waals surface area contributed by atoms with Gasteiger partial charge in [0.25, 0.3) is 15.9 Å². The highest BCUT2D eigenvalue weighted by Crippen LogP contribution is 2.26. The van der Waals surface area contributed by atoms with Gasteiger partial charge in [0.05, 0.1) is 0 Å². The highest BCUT2D eigenvalue weighted by atomic mass is 35.5. The summed E-state index contributed by atoms with van der Waals surface area (Å²) in [5.74, 6) is -0.413. The SMILES string of the molecule is Cc1cccc(N2CCN(S(=O)(=O)c3nnc(NC(=O)c4ccc(Cl)cc4)s3)CC2)c1. The second-order valence-electron chi connectivity index (χ2n) is 7.06. The van der Waals surface area contributed by atoms with Crippen molar-refractivity contribution in [1.29, 1.82) is 0 Å². The molecule has 1 saturated heterocycles. The van der Waals surface area contributed by atoms with E-state index < -0.39 is 15.9 Å². The molecule has 0 unspecified atom stereocenters. The lowest BCUT2D eigenvalue weighted by Gasteiger charge is -2.34. The highest BCUT2D eigenvalue weighted by molar-refractivity contribution is 7.91. The number of aryl methyl sites for hydroxylation is 1. The minimum Gasteiger partial charge on any atom is -0.369 e. The van der Waals surface area contributed by atoms with Gasteiger partial charge < -0.3 is 4.90 Å². The van der Waals surface area contributed by atoms with Crippen LogP contribution in [0.5, 0.6) is 0 Å². The van der Waals surface area contributed by atoms with Crippen molar-refractivity contribution in [3.63, 3.8) is 0 Å². The summed E-state index contributed by atoms with van der Waals surface area (Å²) < 4.78 is 27.2. The molecule has 0 bridgehead atoms. The lowest BCUT2D eigenvalue weighted by molar-refractivity contribution is 0.102. The fraction of sp³-hybridized carbons (Fsp3) is 0.250. The molecule has 3 aromatic rings. The van der Waals surface area contributed by atoms with Gasteiger partial charge >= 0.3 is 0 Å². The van der Waals surface area contributed by atoms with Crippen LogP contribution in [0.4, 0.5) is 10.8 Å². The molecule has 8 nitrogen and oxygen atoms in total. The summed E-state index contributed by atoms with van der Waals surface area (Å²) in [6, 6.07) is 14.5. The smallest absolute Gasteiger partial charge is 0.272 e. The van der Waals surface area contributed by atoms with Crippen LogP contribution in [0.1, 0.15) is 15.9 Å². The number of halogens is 1. The van der Waals surface area contributed by atoms with E-state index in [1.807, 2.05) is 25.1 Å². The van der Waals surface area contributed by atoms with Gasteiger partial charge in [0, 0.05) is 42.5 Å². The van der Waals surface area contributed by atoms with Crippen LogP contribution in [0.25, 0.3) is 0 Å². The Hall–Kier alpha value is -2.53. The zero-order valence-electron chi connectivity index (χ0n) is 16.7. The van der Waals surface area contributed by atoms with Crippen molar-refractivity contribution >= 4 is 49.7 Å². The molecular formula is C20H20ClN5O3S2. The first-order valence-electron chi connectivity index (χ1n) is 9.55. The molecular weight excluding hydrogens is 458 g/mol. The van der Waals surface area contributed by atoms with Crippen molar-refractivity contribution < 1.29 is 13.2 Å². The van der Waals surface area contributed by atoms with E-state index in [9.17, 15) is 13.2 Å². The second-order valence-corrected chi connectivity index (χ2v) is 10.6. The molecule has 1 aliphatic heterocycles. The number of anilines is 2. The van der Waals surface area contributed by atoms with Gasteiger partial charge in [-0.1, -0.05) is 35.1 Å². The lowest BCUT2D eigenvalue weighted by atomic mass is 10.2. The molecule has 4 rings (SSSR count). The molecule has 1 aliphatic rings. The fourth-order valence-electron chi connectivity index (χ4n) is 3.26. The number of amides is 1. The Bertz CT molecular complexity index is 1190. The van der Waals surface area contributed by atoms with E-state index in [1.54, 1.807) is 24.3 Å². The number of hydrogen-bond acceptors (Lipinski definition) is 7. The number of sulfonamides is 1. The quantitative estimate of drug-likeness (QED) is 0.567. The van der Waals surface area contributed by atoms with Crippen molar-refractivity contribution in [1.82, 2.24) is 14.5 Å². The number of benzene rings is 2. The Morgan fingerprint density at radius 1 is 1.06 bits per heavy atom. The predicted molar refractivity (Wildman–Crippen MR) is 121 cm³/mol. The van der Waals surface area contributed by atoms with Crippen LogP contribution in [0.2, 0.25) is 5.02 Å². The maximum atomic E-state index is 13.0. The summed E-state index contributed by atoms with van der Waals surface area (Å²) in [7, 11) is -3.78. The molecule has 0 atom stereocenters. The molecule has 11 heteroatoms. The summed E-state index contributed by atoms with van der Waals surface area (Å²) in [5.41, 5.74) is 2.63. The third-order valence-corrected chi connectivity index (χ3v) is 8.23. The van der Waals surface area contributed by atoms with Crippen molar-refractivity contribution in [2.75, 3.05) is 36.4 Å². The molecule has 0 saturated carbocycles. The van der Waals surface area contributed by atoms with Gasteiger partial charge in [-0.3, -0.25) is 10.1 Å². The van der Waals surface area contributed by atoms with Crippen molar-refractivity contribution in [3.05, 3.63) is 64.7 Å². The molecule has 31 heavy (non-hydrogen) atoms. The van der Waals surface area contributed by atoms with Gasteiger partial charge in [-0.25, -0.2) is 8.42 Å². The molecule has 0 aliphatic carbocycles. The third-order valence-electron chi connectivity index (χ3n) is 4.90. The van der Waals surface area contributed by atoms with E-state index in [-0.39, 0.29) is 9.47 Å². The van der Waals surface area contributed by atoms with E-state index in [0.29, 0.717) is 36.8 Å². The topological polar surface area (TPSA) is 95.5 Å². The third kappa shape index (κ3) is 4.87. The molecule has 1 N–H and O–H groups in total. The molecule has 0 radical (unpaired) electrons. The summed E-state index contributed by atoms with van der Waals surface area (Å²) in [5, 5.41) is 10.8. The first-order valence-corrected chi connectivity index (χ1v) is 12.2. The molecule has 162 valence electrons. The van der Waals surface area contributed by atoms with Gasteiger partial charge in [-0.05, 0) is 48.9 Å². The van der Waals surface area contributed by atoms with E-state index in [1.165, 1.54) is 4.31 Å². The molecule has 0 spiro atoms. The largest absolute Gasteiger partial charge is 0.369 e. The Morgan fingerprint density at radius 3 is 2.45 bits per heavy atom. The zero-order valence-corrected chi connectivity index (χ0v) is 19.0.